The maximum atomic E-state index is 11.8. The number of carbonyl (C=O) groups excluding carboxylic acids is 1. The molecule has 1 aliphatic heterocycles. The minimum atomic E-state index is -0.284. The Morgan fingerprint density at radius 2 is 2.16 bits per heavy atom. The zero-order chi connectivity index (χ0) is 13.7. The molecular weight excluding hydrogens is 244 g/mol. The largest absolute Gasteiger partial charge is 0.504 e. The molecule has 0 aliphatic carbocycles. The molecule has 1 heterocycles. The number of carbonyl (C=O) groups is 1. The van der Waals surface area contributed by atoms with Crippen molar-refractivity contribution < 1.29 is 15.0 Å². The van der Waals surface area contributed by atoms with Crippen molar-refractivity contribution in [2.75, 3.05) is 19.6 Å². The lowest BCUT2D eigenvalue weighted by molar-refractivity contribution is 0.0953. The fourth-order valence-corrected chi connectivity index (χ4v) is 2.00. The third kappa shape index (κ3) is 3.72. The van der Waals surface area contributed by atoms with Gasteiger partial charge >= 0.3 is 0 Å². The lowest BCUT2D eigenvalue weighted by atomic mass is 10.1. The molecule has 1 aromatic rings. The third-order valence-corrected chi connectivity index (χ3v) is 3.13. The van der Waals surface area contributed by atoms with E-state index in [2.05, 4.69) is 16.7 Å². The molecular formula is C14H18N2O3. The standard InChI is InChI=1S/C14H18N2O3/c17-12-2-1-11(9-13(12)18)14(19)16-8-5-10-3-6-15-7-4-10/h1-3,9,15,17-18H,4-8H2,(H,16,19). The molecule has 0 spiro atoms. The Kier molecular flexibility index (Phi) is 4.41. The highest BCUT2D eigenvalue weighted by Gasteiger charge is 2.09. The normalized spacial score (nSPS) is 14.8. The highest BCUT2D eigenvalue weighted by molar-refractivity contribution is 5.94. The van der Waals surface area contributed by atoms with E-state index in [9.17, 15) is 15.0 Å². The summed E-state index contributed by atoms with van der Waals surface area (Å²) in [5, 5.41) is 24.5. The molecule has 1 amide bonds. The molecule has 0 atom stereocenters. The summed E-state index contributed by atoms with van der Waals surface area (Å²) in [6.45, 7) is 2.47. The van der Waals surface area contributed by atoms with Crippen LogP contribution in [-0.4, -0.2) is 35.8 Å². The van der Waals surface area contributed by atoms with Crippen LogP contribution in [0.15, 0.2) is 29.8 Å². The van der Waals surface area contributed by atoms with Gasteiger partial charge in [-0.05, 0) is 37.6 Å². The molecule has 0 fully saturated rings. The first-order valence-corrected chi connectivity index (χ1v) is 6.35. The lowest BCUT2D eigenvalue weighted by Crippen LogP contribution is -2.26. The second-order valence-electron chi connectivity index (χ2n) is 4.53. The van der Waals surface area contributed by atoms with E-state index >= 15 is 0 Å². The van der Waals surface area contributed by atoms with E-state index in [1.807, 2.05) is 0 Å². The molecule has 0 bridgehead atoms. The van der Waals surface area contributed by atoms with Gasteiger partial charge in [0.2, 0.25) is 0 Å². The number of phenols is 2. The molecule has 0 saturated carbocycles. The SMILES string of the molecule is O=C(NCCC1=CCNCC1)c1ccc(O)c(O)c1. The Labute approximate surface area is 112 Å². The summed E-state index contributed by atoms with van der Waals surface area (Å²) < 4.78 is 0. The molecule has 1 aliphatic rings. The quantitative estimate of drug-likeness (QED) is 0.484. The summed E-state index contributed by atoms with van der Waals surface area (Å²) in [6, 6.07) is 4.04. The molecule has 0 unspecified atom stereocenters. The second-order valence-corrected chi connectivity index (χ2v) is 4.53. The Morgan fingerprint density at radius 3 is 2.84 bits per heavy atom. The van der Waals surface area contributed by atoms with Gasteiger partial charge in [-0.1, -0.05) is 11.6 Å². The average molecular weight is 262 g/mol. The number of benzene rings is 1. The van der Waals surface area contributed by atoms with E-state index in [4.69, 9.17) is 0 Å². The van der Waals surface area contributed by atoms with E-state index in [0.717, 1.165) is 25.9 Å². The van der Waals surface area contributed by atoms with Crippen LogP contribution in [0.3, 0.4) is 0 Å². The molecule has 102 valence electrons. The molecule has 1 aromatic carbocycles. The first kappa shape index (κ1) is 13.4. The smallest absolute Gasteiger partial charge is 0.251 e. The van der Waals surface area contributed by atoms with Gasteiger partial charge in [-0.15, -0.1) is 0 Å². The highest BCUT2D eigenvalue weighted by atomic mass is 16.3. The van der Waals surface area contributed by atoms with E-state index < -0.39 is 0 Å². The van der Waals surface area contributed by atoms with E-state index in [-0.39, 0.29) is 17.4 Å². The summed E-state index contributed by atoms with van der Waals surface area (Å²) in [4.78, 5) is 11.8. The predicted octanol–water partition coefficient (Wildman–Crippen LogP) is 1.14. The van der Waals surface area contributed by atoms with Gasteiger partial charge in [0, 0.05) is 18.7 Å². The summed E-state index contributed by atoms with van der Waals surface area (Å²) >= 11 is 0. The summed E-state index contributed by atoms with van der Waals surface area (Å²) in [6.07, 6.45) is 4.02. The van der Waals surface area contributed by atoms with Gasteiger partial charge in [0.05, 0.1) is 0 Å². The van der Waals surface area contributed by atoms with Crippen molar-refractivity contribution in [3.05, 3.63) is 35.4 Å². The minimum absolute atomic E-state index is 0.226. The van der Waals surface area contributed by atoms with Gasteiger partial charge in [0.25, 0.3) is 5.91 Å². The van der Waals surface area contributed by atoms with Gasteiger partial charge in [-0.2, -0.15) is 0 Å². The van der Waals surface area contributed by atoms with Crippen LogP contribution in [-0.2, 0) is 0 Å². The van der Waals surface area contributed by atoms with Crippen molar-refractivity contribution in [3.63, 3.8) is 0 Å². The molecule has 5 heteroatoms. The Bertz CT molecular complexity index is 497. The van der Waals surface area contributed by atoms with Gasteiger partial charge in [0.15, 0.2) is 11.5 Å². The van der Waals surface area contributed by atoms with Crippen molar-refractivity contribution >= 4 is 5.91 Å². The molecule has 4 N–H and O–H groups in total. The number of hydrogen-bond acceptors (Lipinski definition) is 4. The van der Waals surface area contributed by atoms with Crippen LogP contribution in [0.1, 0.15) is 23.2 Å². The number of amides is 1. The van der Waals surface area contributed by atoms with Crippen LogP contribution >= 0.6 is 0 Å². The average Bonchev–Trinajstić information content (AvgIpc) is 2.43. The molecule has 5 nitrogen and oxygen atoms in total. The Balaban J connectivity index is 1.83. The molecule has 0 saturated heterocycles. The number of rotatable bonds is 4. The second kappa shape index (κ2) is 6.24. The van der Waals surface area contributed by atoms with Crippen molar-refractivity contribution in [2.45, 2.75) is 12.8 Å². The number of aromatic hydroxyl groups is 2. The number of phenolic OH excluding ortho intramolecular Hbond substituents is 2. The first-order valence-electron chi connectivity index (χ1n) is 6.35. The van der Waals surface area contributed by atoms with Crippen molar-refractivity contribution in [1.29, 1.82) is 0 Å². The van der Waals surface area contributed by atoms with E-state index in [1.54, 1.807) is 0 Å². The zero-order valence-electron chi connectivity index (χ0n) is 10.6. The Hall–Kier alpha value is -2.01. The fourth-order valence-electron chi connectivity index (χ4n) is 2.00. The van der Waals surface area contributed by atoms with Gasteiger partial charge in [-0.3, -0.25) is 4.79 Å². The fraction of sp³-hybridized carbons (Fsp3) is 0.357. The van der Waals surface area contributed by atoms with Gasteiger partial charge in [-0.25, -0.2) is 0 Å². The lowest BCUT2D eigenvalue weighted by Gasteiger charge is -2.14. The third-order valence-electron chi connectivity index (χ3n) is 3.13. The Morgan fingerprint density at radius 1 is 1.32 bits per heavy atom. The topological polar surface area (TPSA) is 81.6 Å². The number of nitrogens with one attached hydrogen (secondary N) is 2. The first-order chi connectivity index (χ1) is 9.16. The molecule has 0 aromatic heterocycles. The monoisotopic (exact) mass is 262 g/mol. The zero-order valence-corrected chi connectivity index (χ0v) is 10.6. The van der Waals surface area contributed by atoms with Crippen LogP contribution in [0.2, 0.25) is 0 Å². The van der Waals surface area contributed by atoms with Gasteiger partial charge < -0.3 is 20.8 Å². The van der Waals surface area contributed by atoms with Crippen LogP contribution in [0.5, 0.6) is 11.5 Å². The summed E-state index contributed by atoms with van der Waals surface area (Å²) in [5.74, 6) is -0.755. The number of hydrogen-bond donors (Lipinski definition) is 4. The summed E-state index contributed by atoms with van der Waals surface area (Å²) in [5.41, 5.74) is 1.70. The van der Waals surface area contributed by atoms with Crippen molar-refractivity contribution in [3.8, 4) is 11.5 Å². The highest BCUT2D eigenvalue weighted by Crippen LogP contribution is 2.24. The molecule has 2 rings (SSSR count). The maximum Gasteiger partial charge on any atom is 0.251 e. The van der Waals surface area contributed by atoms with Crippen LogP contribution < -0.4 is 10.6 Å². The maximum absolute atomic E-state index is 11.8. The molecule has 0 radical (unpaired) electrons. The van der Waals surface area contributed by atoms with Crippen LogP contribution in [0, 0.1) is 0 Å². The van der Waals surface area contributed by atoms with Crippen molar-refractivity contribution in [1.82, 2.24) is 10.6 Å². The van der Waals surface area contributed by atoms with Gasteiger partial charge in [0.1, 0.15) is 0 Å². The van der Waals surface area contributed by atoms with Crippen LogP contribution in [0.4, 0.5) is 0 Å². The van der Waals surface area contributed by atoms with Crippen LogP contribution in [0.25, 0.3) is 0 Å². The summed E-state index contributed by atoms with van der Waals surface area (Å²) in [7, 11) is 0. The molecule has 19 heavy (non-hydrogen) atoms. The van der Waals surface area contributed by atoms with Crippen molar-refractivity contribution in [2.24, 2.45) is 0 Å². The minimum Gasteiger partial charge on any atom is -0.504 e. The van der Waals surface area contributed by atoms with E-state index in [1.165, 1.54) is 23.8 Å². The van der Waals surface area contributed by atoms with E-state index in [0.29, 0.717) is 12.1 Å². The predicted molar refractivity (Wildman–Crippen MR) is 72.3 cm³/mol.